The monoisotopic (exact) mass is 340 g/mol. The van der Waals surface area contributed by atoms with Crippen LogP contribution in [0.1, 0.15) is 27.7 Å². The van der Waals surface area contributed by atoms with Crippen LogP contribution in [-0.2, 0) is 9.53 Å². The van der Waals surface area contributed by atoms with Crippen LogP contribution in [0.5, 0.6) is 5.75 Å². The molecule has 1 aromatic heterocycles. The molecule has 0 unspecified atom stereocenters. The summed E-state index contributed by atoms with van der Waals surface area (Å²) in [6, 6.07) is 5.15. The van der Waals surface area contributed by atoms with E-state index in [2.05, 4.69) is 14.9 Å². The fourth-order valence-corrected chi connectivity index (χ4v) is 2.00. The molecule has 0 aliphatic carbocycles. The van der Waals surface area contributed by atoms with E-state index in [0.717, 1.165) is 0 Å². The van der Waals surface area contributed by atoms with Gasteiger partial charge in [0.05, 0.1) is 18.8 Å². The molecule has 0 aliphatic rings. The molecule has 0 bridgehead atoms. The number of rotatable bonds is 6. The molecule has 0 spiro atoms. The third-order valence-electron chi connectivity index (χ3n) is 2.87. The van der Waals surface area contributed by atoms with Crippen LogP contribution in [0.3, 0.4) is 0 Å². The minimum atomic E-state index is -0.449. The Bertz CT molecular complexity index is 816. The Balaban J connectivity index is 2.23. The van der Waals surface area contributed by atoms with E-state index in [1.54, 1.807) is 32.0 Å². The van der Waals surface area contributed by atoms with Gasteiger partial charge in [-0.05, 0) is 45.9 Å². The summed E-state index contributed by atoms with van der Waals surface area (Å²) < 4.78 is 12.1. The van der Waals surface area contributed by atoms with Gasteiger partial charge in [-0.25, -0.2) is 19.3 Å². The largest absolute Gasteiger partial charge is 0.492 e. The van der Waals surface area contributed by atoms with Crippen LogP contribution < -0.4 is 4.74 Å². The van der Waals surface area contributed by atoms with Crippen LogP contribution in [0.15, 0.2) is 30.6 Å². The molecule has 7 heteroatoms. The first kappa shape index (κ1) is 18.2. The molecule has 0 N–H and O–H groups in total. The van der Waals surface area contributed by atoms with Crippen molar-refractivity contribution in [3.8, 4) is 17.1 Å². The van der Waals surface area contributed by atoms with Gasteiger partial charge < -0.3 is 9.47 Å². The highest BCUT2D eigenvalue weighted by molar-refractivity contribution is 5.85. The summed E-state index contributed by atoms with van der Waals surface area (Å²) in [5.41, 5.74) is 1.11. The van der Waals surface area contributed by atoms with E-state index >= 15 is 0 Å². The minimum absolute atomic E-state index is 0.00532. The molecular weight excluding hydrogens is 320 g/mol. The molecular formula is C18H20N4O3. The maximum Gasteiger partial charge on any atom is 0.332 e. The first-order valence-corrected chi connectivity index (χ1v) is 7.87. The second-order valence-corrected chi connectivity index (χ2v) is 5.84. The standard InChI is InChI=1S/C18H20N4O3/c1-12(2)24-16-9-14(8-15(10-16)19-5)18-20-11-22(21-18)7-6-17(23)25-13(3)4/h6-13H,1-4H3/b7-6-. The first-order chi connectivity index (χ1) is 11.9. The Kier molecular flexibility index (Phi) is 5.90. The Labute approximate surface area is 146 Å². The molecule has 7 nitrogen and oxygen atoms in total. The number of hydrogen-bond acceptors (Lipinski definition) is 5. The van der Waals surface area contributed by atoms with Gasteiger partial charge in [0.1, 0.15) is 12.1 Å². The van der Waals surface area contributed by atoms with Crippen molar-refractivity contribution in [3.05, 3.63) is 42.0 Å². The lowest BCUT2D eigenvalue weighted by Crippen LogP contribution is -2.08. The van der Waals surface area contributed by atoms with Gasteiger partial charge in [-0.2, -0.15) is 0 Å². The average molecular weight is 340 g/mol. The lowest BCUT2D eigenvalue weighted by Gasteiger charge is -2.11. The van der Waals surface area contributed by atoms with Crippen molar-refractivity contribution >= 4 is 17.9 Å². The van der Waals surface area contributed by atoms with E-state index in [4.69, 9.17) is 16.0 Å². The molecule has 0 amide bonds. The Morgan fingerprint density at radius 1 is 1.24 bits per heavy atom. The van der Waals surface area contributed by atoms with Crippen LogP contribution in [0.2, 0.25) is 0 Å². The van der Waals surface area contributed by atoms with Gasteiger partial charge in [0.15, 0.2) is 11.5 Å². The lowest BCUT2D eigenvalue weighted by atomic mass is 10.2. The summed E-state index contributed by atoms with van der Waals surface area (Å²) in [6.07, 6.45) is 4.03. The molecule has 1 heterocycles. The van der Waals surface area contributed by atoms with Crippen molar-refractivity contribution in [2.45, 2.75) is 39.9 Å². The number of benzene rings is 1. The normalized spacial score (nSPS) is 11.1. The van der Waals surface area contributed by atoms with E-state index in [0.29, 0.717) is 22.8 Å². The molecule has 0 atom stereocenters. The van der Waals surface area contributed by atoms with Crippen LogP contribution >= 0.6 is 0 Å². The van der Waals surface area contributed by atoms with E-state index in [1.165, 1.54) is 23.3 Å². The molecule has 25 heavy (non-hydrogen) atoms. The second kappa shape index (κ2) is 8.11. The summed E-state index contributed by atoms with van der Waals surface area (Å²) in [7, 11) is 0. The van der Waals surface area contributed by atoms with Crippen molar-refractivity contribution in [1.82, 2.24) is 14.8 Å². The predicted molar refractivity (Wildman–Crippen MR) is 94.0 cm³/mol. The van der Waals surface area contributed by atoms with Gasteiger partial charge in [-0.3, -0.25) is 0 Å². The van der Waals surface area contributed by atoms with Crippen LogP contribution in [0, 0.1) is 6.57 Å². The third-order valence-corrected chi connectivity index (χ3v) is 2.87. The maximum absolute atomic E-state index is 11.5. The summed E-state index contributed by atoms with van der Waals surface area (Å²) >= 11 is 0. The van der Waals surface area contributed by atoms with Gasteiger partial charge >= 0.3 is 5.97 Å². The van der Waals surface area contributed by atoms with Crippen molar-refractivity contribution in [3.63, 3.8) is 0 Å². The Morgan fingerprint density at radius 3 is 2.64 bits per heavy atom. The minimum Gasteiger partial charge on any atom is -0.492 e. The van der Waals surface area contributed by atoms with Gasteiger partial charge in [-0.1, -0.05) is 0 Å². The topological polar surface area (TPSA) is 70.6 Å². The van der Waals surface area contributed by atoms with E-state index in [1.807, 2.05) is 13.8 Å². The summed E-state index contributed by atoms with van der Waals surface area (Å²) in [5.74, 6) is 0.571. The highest BCUT2D eigenvalue weighted by Crippen LogP contribution is 2.29. The molecule has 130 valence electrons. The quantitative estimate of drug-likeness (QED) is 0.455. The number of aromatic nitrogens is 3. The van der Waals surface area contributed by atoms with E-state index < -0.39 is 5.97 Å². The number of carbonyl (C=O) groups is 1. The number of nitrogens with zero attached hydrogens (tertiary/aromatic N) is 4. The molecule has 0 saturated carbocycles. The zero-order valence-corrected chi connectivity index (χ0v) is 14.6. The van der Waals surface area contributed by atoms with Gasteiger partial charge in [0, 0.05) is 17.8 Å². The molecule has 0 fully saturated rings. The van der Waals surface area contributed by atoms with Crippen molar-refractivity contribution in [2.75, 3.05) is 0 Å². The highest BCUT2D eigenvalue weighted by atomic mass is 16.5. The van der Waals surface area contributed by atoms with Gasteiger partial charge in [-0.15, -0.1) is 5.10 Å². The third kappa shape index (κ3) is 5.46. The van der Waals surface area contributed by atoms with Crippen LogP contribution in [-0.4, -0.2) is 32.9 Å². The summed E-state index contributed by atoms with van der Waals surface area (Å²) in [6.45, 7) is 14.6. The number of ether oxygens (including phenoxy) is 2. The van der Waals surface area contributed by atoms with Crippen LogP contribution in [0.25, 0.3) is 22.4 Å². The molecule has 0 radical (unpaired) electrons. The molecule has 0 saturated heterocycles. The van der Waals surface area contributed by atoms with Gasteiger partial charge in [0.2, 0.25) is 0 Å². The first-order valence-electron chi connectivity index (χ1n) is 7.87. The summed E-state index contributed by atoms with van der Waals surface area (Å²) in [4.78, 5) is 19.2. The number of esters is 1. The van der Waals surface area contributed by atoms with Gasteiger partial charge in [0.25, 0.3) is 0 Å². The SMILES string of the molecule is [C-]#[N+]c1cc(OC(C)C)cc(-c2ncn(/C=C\C(=O)OC(C)C)n2)c1. The Hall–Kier alpha value is -3.14. The predicted octanol–water partition coefficient (Wildman–Crippen LogP) is 3.71. The zero-order chi connectivity index (χ0) is 18.4. The second-order valence-electron chi connectivity index (χ2n) is 5.84. The molecule has 1 aromatic carbocycles. The van der Waals surface area contributed by atoms with E-state index in [-0.39, 0.29) is 12.2 Å². The smallest absolute Gasteiger partial charge is 0.332 e. The Morgan fingerprint density at radius 2 is 2.00 bits per heavy atom. The van der Waals surface area contributed by atoms with Crippen molar-refractivity contribution < 1.29 is 14.3 Å². The molecule has 2 aromatic rings. The maximum atomic E-state index is 11.5. The number of hydrogen-bond donors (Lipinski definition) is 0. The average Bonchev–Trinajstić information content (AvgIpc) is 3.00. The molecule has 0 aliphatic heterocycles. The summed E-state index contributed by atoms with van der Waals surface area (Å²) in [5, 5.41) is 4.28. The fourth-order valence-electron chi connectivity index (χ4n) is 2.00. The van der Waals surface area contributed by atoms with Crippen molar-refractivity contribution in [2.24, 2.45) is 0 Å². The zero-order valence-electron chi connectivity index (χ0n) is 14.6. The van der Waals surface area contributed by atoms with Crippen LogP contribution in [0.4, 0.5) is 5.69 Å². The number of carbonyl (C=O) groups excluding carboxylic acids is 1. The lowest BCUT2D eigenvalue weighted by molar-refractivity contribution is -0.141. The fraction of sp³-hybridized carbons (Fsp3) is 0.333. The van der Waals surface area contributed by atoms with Crippen molar-refractivity contribution in [1.29, 1.82) is 0 Å². The molecule has 2 rings (SSSR count). The highest BCUT2D eigenvalue weighted by Gasteiger charge is 2.09. The van der Waals surface area contributed by atoms with E-state index in [9.17, 15) is 4.79 Å².